The fraction of sp³-hybridized carbons (Fsp3) is 0.212. The number of nitrogens with one attached hydrogen (secondary N) is 1. The van der Waals surface area contributed by atoms with E-state index in [1.165, 1.54) is 19.1 Å². The van der Waals surface area contributed by atoms with Crippen LogP contribution >= 0.6 is 0 Å². The third kappa shape index (κ3) is 7.78. The number of carbonyl (C=O) groups excluding carboxylic acids is 2. The smallest absolute Gasteiger partial charge is 0.264 e. The molecule has 0 aliphatic carbocycles. The van der Waals surface area contributed by atoms with Crippen molar-refractivity contribution in [3.63, 3.8) is 0 Å². The van der Waals surface area contributed by atoms with Crippen molar-refractivity contribution in [3.8, 4) is 5.75 Å². The molecule has 4 rings (SSSR count). The summed E-state index contributed by atoms with van der Waals surface area (Å²) in [4.78, 5) is 28.8. The van der Waals surface area contributed by atoms with Gasteiger partial charge in [0.15, 0.2) is 0 Å². The summed E-state index contributed by atoms with van der Waals surface area (Å²) >= 11 is 0. The van der Waals surface area contributed by atoms with Gasteiger partial charge in [-0.3, -0.25) is 13.9 Å². The Kier molecular flexibility index (Phi) is 10.2. The zero-order valence-electron chi connectivity index (χ0n) is 24.2. The Labute approximate surface area is 251 Å². The molecule has 4 aromatic rings. The molecule has 0 saturated heterocycles. The van der Waals surface area contributed by atoms with Crippen molar-refractivity contribution in [2.75, 3.05) is 25.0 Å². The van der Waals surface area contributed by atoms with E-state index in [0.29, 0.717) is 11.3 Å². The number of benzene rings is 4. The Bertz CT molecular complexity index is 1650. The summed E-state index contributed by atoms with van der Waals surface area (Å²) in [6.45, 7) is 1.27. The maximum atomic E-state index is 14.3. The van der Waals surface area contributed by atoms with Crippen molar-refractivity contribution >= 4 is 27.5 Å². The predicted octanol–water partition coefficient (Wildman–Crippen LogP) is 4.72. The first-order valence-corrected chi connectivity index (χ1v) is 15.1. The second-order valence-electron chi connectivity index (χ2n) is 9.99. The molecule has 0 aliphatic heterocycles. The monoisotopic (exact) mass is 603 g/mol. The molecule has 0 saturated carbocycles. The van der Waals surface area contributed by atoms with Crippen LogP contribution in [-0.2, 0) is 32.6 Å². The van der Waals surface area contributed by atoms with Gasteiger partial charge in [-0.05, 0) is 66.6 Å². The Morgan fingerprint density at radius 2 is 1.53 bits per heavy atom. The second-order valence-corrected chi connectivity index (χ2v) is 11.9. The van der Waals surface area contributed by atoms with Crippen LogP contribution in [0.2, 0.25) is 0 Å². The minimum absolute atomic E-state index is 0.0132. The molecule has 43 heavy (non-hydrogen) atoms. The molecule has 1 atom stereocenters. The number of likely N-dealkylation sites (N-methyl/N-ethyl adjacent to an activating group) is 1. The molecule has 0 aliphatic rings. The Morgan fingerprint density at radius 3 is 2.16 bits per heavy atom. The molecule has 0 spiro atoms. The van der Waals surface area contributed by atoms with E-state index in [-0.39, 0.29) is 23.5 Å². The van der Waals surface area contributed by atoms with Gasteiger partial charge in [-0.1, -0.05) is 60.2 Å². The zero-order valence-corrected chi connectivity index (χ0v) is 25.1. The lowest BCUT2D eigenvalue weighted by Crippen LogP contribution is -2.53. The zero-order chi connectivity index (χ0) is 31.0. The van der Waals surface area contributed by atoms with Gasteiger partial charge in [-0.15, -0.1) is 0 Å². The van der Waals surface area contributed by atoms with Gasteiger partial charge in [0.2, 0.25) is 11.8 Å². The molecular weight excluding hydrogens is 569 g/mol. The van der Waals surface area contributed by atoms with Crippen LogP contribution in [-0.4, -0.2) is 51.9 Å². The van der Waals surface area contributed by atoms with E-state index in [2.05, 4.69) is 5.32 Å². The lowest BCUT2D eigenvalue weighted by molar-refractivity contribution is -0.139. The summed E-state index contributed by atoms with van der Waals surface area (Å²) < 4.78 is 47.9. The van der Waals surface area contributed by atoms with E-state index in [9.17, 15) is 22.4 Å². The number of aryl methyl sites for hydroxylation is 1. The Hall–Kier alpha value is -4.70. The summed E-state index contributed by atoms with van der Waals surface area (Å²) in [5.41, 5.74) is 2.67. The molecule has 2 amide bonds. The third-order valence-corrected chi connectivity index (χ3v) is 8.80. The number of hydrogen-bond acceptors (Lipinski definition) is 5. The number of hydrogen-bond donors (Lipinski definition) is 1. The van der Waals surface area contributed by atoms with Gasteiger partial charge in [0.05, 0.1) is 17.7 Å². The van der Waals surface area contributed by atoms with Crippen LogP contribution < -0.4 is 14.4 Å². The van der Waals surface area contributed by atoms with Crippen molar-refractivity contribution in [2.24, 2.45) is 0 Å². The molecule has 4 aromatic carbocycles. The first kappa shape index (κ1) is 31.2. The lowest BCUT2D eigenvalue weighted by atomic mass is 10.0. The van der Waals surface area contributed by atoms with Crippen LogP contribution in [0.3, 0.4) is 0 Å². The van der Waals surface area contributed by atoms with Crippen molar-refractivity contribution in [1.82, 2.24) is 10.2 Å². The second kappa shape index (κ2) is 14.0. The van der Waals surface area contributed by atoms with Gasteiger partial charge < -0.3 is 15.0 Å². The number of sulfonamides is 1. The van der Waals surface area contributed by atoms with Gasteiger partial charge in [0, 0.05) is 20.0 Å². The minimum Gasteiger partial charge on any atom is -0.497 e. The first-order valence-electron chi connectivity index (χ1n) is 13.6. The number of amides is 2. The Morgan fingerprint density at radius 1 is 0.884 bits per heavy atom. The summed E-state index contributed by atoms with van der Waals surface area (Å²) in [6, 6.07) is 26.6. The van der Waals surface area contributed by atoms with Crippen LogP contribution in [0.25, 0.3) is 0 Å². The van der Waals surface area contributed by atoms with E-state index in [1.807, 2.05) is 37.3 Å². The SMILES string of the molecule is CNC(=O)[C@@H](Cc1ccccc1)N(Cc1cccc(OC)c1)C(=O)CN(c1ccc(C)cc1)S(=O)(=O)c1ccc(F)cc1. The summed E-state index contributed by atoms with van der Waals surface area (Å²) in [6.07, 6.45) is 0.200. The number of ether oxygens (including phenoxy) is 1. The predicted molar refractivity (Wildman–Crippen MR) is 164 cm³/mol. The third-order valence-electron chi connectivity index (χ3n) is 7.01. The topological polar surface area (TPSA) is 96.0 Å². The molecule has 0 bridgehead atoms. The van der Waals surface area contributed by atoms with E-state index in [4.69, 9.17) is 4.74 Å². The molecule has 224 valence electrons. The quantitative estimate of drug-likeness (QED) is 0.253. The van der Waals surface area contributed by atoms with Gasteiger partial charge in [-0.25, -0.2) is 12.8 Å². The maximum absolute atomic E-state index is 14.3. The average molecular weight is 604 g/mol. The van der Waals surface area contributed by atoms with E-state index >= 15 is 0 Å². The van der Waals surface area contributed by atoms with Gasteiger partial charge in [0.1, 0.15) is 24.2 Å². The number of nitrogens with zero attached hydrogens (tertiary/aromatic N) is 2. The highest BCUT2D eigenvalue weighted by molar-refractivity contribution is 7.92. The van der Waals surface area contributed by atoms with E-state index in [1.54, 1.807) is 48.5 Å². The van der Waals surface area contributed by atoms with Gasteiger partial charge in [0.25, 0.3) is 10.0 Å². The average Bonchev–Trinajstić information content (AvgIpc) is 3.02. The minimum atomic E-state index is -4.31. The summed E-state index contributed by atoms with van der Waals surface area (Å²) in [7, 11) is -1.28. The molecule has 0 aromatic heterocycles. The highest BCUT2D eigenvalue weighted by Gasteiger charge is 2.34. The summed E-state index contributed by atoms with van der Waals surface area (Å²) in [5, 5.41) is 2.66. The number of rotatable bonds is 12. The van der Waals surface area contributed by atoms with Crippen molar-refractivity contribution in [3.05, 3.63) is 126 Å². The fourth-order valence-corrected chi connectivity index (χ4v) is 6.08. The van der Waals surface area contributed by atoms with Crippen LogP contribution in [0, 0.1) is 12.7 Å². The van der Waals surface area contributed by atoms with Crippen molar-refractivity contribution in [1.29, 1.82) is 0 Å². The molecule has 10 heteroatoms. The molecular formula is C33H34FN3O5S. The van der Waals surface area contributed by atoms with E-state index < -0.39 is 40.2 Å². The normalized spacial score (nSPS) is 11.8. The van der Waals surface area contributed by atoms with Crippen LogP contribution in [0.15, 0.2) is 108 Å². The summed E-state index contributed by atoms with van der Waals surface area (Å²) in [5.74, 6) is -1.01. The fourth-order valence-electron chi connectivity index (χ4n) is 4.66. The number of anilines is 1. The van der Waals surface area contributed by atoms with Crippen LogP contribution in [0.1, 0.15) is 16.7 Å². The lowest BCUT2D eigenvalue weighted by Gasteiger charge is -2.33. The molecule has 0 fully saturated rings. The number of carbonyl (C=O) groups is 2. The van der Waals surface area contributed by atoms with Crippen LogP contribution in [0.5, 0.6) is 5.75 Å². The molecule has 0 radical (unpaired) electrons. The van der Waals surface area contributed by atoms with Crippen LogP contribution in [0.4, 0.5) is 10.1 Å². The first-order chi connectivity index (χ1) is 20.6. The van der Waals surface area contributed by atoms with Gasteiger partial charge in [-0.2, -0.15) is 0 Å². The molecule has 0 unspecified atom stereocenters. The number of halogens is 1. The highest BCUT2D eigenvalue weighted by atomic mass is 32.2. The maximum Gasteiger partial charge on any atom is 0.264 e. The van der Waals surface area contributed by atoms with Crippen molar-refractivity contribution in [2.45, 2.75) is 30.8 Å². The molecule has 1 N–H and O–H groups in total. The Balaban J connectivity index is 1.79. The number of methoxy groups -OCH3 is 1. The molecule has 0 heterocycles. The largest absolute Gasteiger partial charge is 0.497 e. The van der Waals surface area contributed by atoms with Gasteiger partial charge >= 0.3 is 0 Å². The van der Waals surface area contributed by atoms with Crippen molar-refractivity contribution < 1.29 is 27.1 Å². The highest BCUT2D eigenvalue weighted by Crippen LogP contribution is 2.26. The van der Waals surface area contributed by atoms with E-state index in [0.717, 1.165) is 39.7 Å². The molecule has 8 nitrogen and oxygen atoms in total. The standard InChI is InChI=1S/C33H34FN3O5S/c1-24-12-16-28(17-13-24)37(43(40,41)30-18-14-27(34)15-19-30)23-32(38)36(22-26-10-7-11-29(20-26)42-3)31(33(39)35-2)21-25-8-5-4-6-9-25/h4-20,31H,21-23H2,1-3H3,(H,35,39)/t31-/m1/s1.